The summed E-state index contributed by atoms with van der Waals surface area (Å²) < 4.78 is 0. The summed E-state index contributed by atoms with van der Waals surface area (Å²) in [5.74, 6) is 0.376. The minimum atomic E-state index is 0.146. The van der Waals surface area contributed by atoms with Crippen LogP contribution in [0.15, 0.2) is 12.2 Å². The smallest absolute Gasteiger partial charge is 0.157 e. The molecule has 58 valence electrons. The van der Waals surface area contributed by atoms with Crippen LogP contribution in [0.3, 0.4) is 0 Å². The van der Waals surface area contributed by atoms with Gasteiger partial charge in [0.05, 0.1) is 0 Å². The minimum absolute atomic E-state index is 0.146. The SMILES string of the molecule is CCC/C=C/C(=O)C(C)C. The quantitative estimate of drug-likeness (QED) is 0.548. The van der Waals surface area contributed by atoms with Gasteiger partial charge in [-0.05, 0) is 12.5 Å². The lowest BCUT2D eigenvalue weighted by molar-refractivity contribution is -0.117. The third-order valence-electron chi connectivity index (χ3n) is 1.31. The molecule has 10 heavy (non-hydrogen) atoms. The number of rotatable bonds is 4. The summed E-state index contributed by atoms with van der Waals surface area (Å²) >= 11 is 0. The van der Waals surface area contributed by atoms with E-state index in [4.69, 9.17) is 0 Å². The summed E-state index contributed by atoms with van der Waals surface area (Å²) in [4.78, 5) is 10.9. The van der Waals surface area contributed by atoms with Crippen LogP contribution < -0.4 is 0 Å². The predicted octanol–water partition coefficient (Wildman–Crippen LogP) is 2.57. The summed E-state index contributed by atoms with van der Waals surface area (Å²) in [6.07, 6.45) is 5.76. The standard InChI is InChI=1S/C9H16O/c1-4-5-6-7-9(10)8(2)3/h6-8H,4-5H2,1-3H3/b7-6+. The third kappa shape index (κ3) is 4.30. The summed E-state index contributed by atoms with van der Waals surface area (Å²) in [6, 6.07) is 0. The number of hydrogen-bond donors (Lipinski definition) is 0. The largest absolute Gasteiger partial charge is 0.295 e. The van der Waals surface area contributed by atoms with Crippen LogP contribution in [0.1, 0.15) is 33.6 Å². The summed E-state index contributed by atoms with van der Waals surface area (Å²) in [7, 11) is 0. The van der Waals surface area contributed by atoms with Crippen molar-refractivity contribution in [2.75, 3.05) is 0 Å². The molecule has 0 aromatic rings. The topological polar surface area (TPSA) is 17.1 Å². The van der Waals surface area contributed by atoms with Gasteiger partial charge in [-0.2, -0.15) is 0 Å². The Morgan fingerprint density at radius 3 is 2.50 bits per heavy atom. The van der Waals surface area contributed by atoms with Crippen molar-refractivity contribution < 1.29 is 4.79 Å². The molecule has 0 aromatic heterocycles. The Labute approximate surface area is 63.1 Å². The van der Waals surface area contributed by atoms with Gasteiger partial charge in [-0.1, -0.05) is 33.3 Å². The summed E-state index contributed by atoms with van der Waals surface area (Å²) in [6.45, 7) is 5.93. The Hall–Kier alpha value is -0.590. The Morgan fingerprint density at radius 2 is 2.10 bits per heavy atom. The molecule has 0 fully saturated rings. The molecule has 0 aliphatic carbocycles. The predicted molar refractivity (Wildman–Crippen MR) is 43.9 cm³/mol. The molecule has 0 rings (SSSR count). The highest BCUT2D eigenvalue weighted by molar-refractivity contribution is 5.91. The van der Waals surface area contributed by atoms with E-state index in [1.54, 1.807) is 6.08 Å². The van der Waals surface area contributed by atoms with E-state index in [0.717, 1.165) is 12.8 Å². The second-order valence-electron chi connectivity index (χ2n) is 2.75. The monoisotopic (exact) mass is 140 g/mol. The number of carbonyl (C=O) groups excluding carboxylic acids is 1. The third-order valence-corrected chi connectivity index (χ3v) is 1.31. The van der Waals surface area contributed by atoms with Crippen molar-refractivity contribution in [3.63, 3.8) is 0 Å². The fourth-order valence-corrected chi connectivity index (χ4v) is 0.559. The molecule has 1 nitrogen and oxygen atoms in total. The van der Waals surface area contributed by atoms with Gasteiger partial charge in [0.1, 0.15) is 0 Å². The molecule has 0 aliphatic rings. The first-order valence-electron chi connectivity index (χ1n) is 3.88. The molecule has 0 radical (unpaired) electrons. The summed E-state index contributed by atoms with van der Waals surface area (Å²) in [5, 5.41) is 0. The fraction of sp³-hybridized carbons (Fsp3) is 0.667. The molecule has 0 bridgehead atoms. The van der Waals surface area contributed by atoms with Gasteiger partial charge >= 0.3 is 0 Å². The van der Waals surface area contributed by atoms with E-state index in [0.29, 0.717) is 0 Å². The van der Waals surface area contributed by atoms with Gasteiger partial charge in [0.15, 0.2) is 5.78 Å². The average molecular weight is 140 g/mol. The Bertz CT molecular complexity index is 123. The Kier molecular flexibility index (Phi) is 4.91. The van der Waals surface area contributed by atoms with Crippen LogP contribution in [-0.4, -0.2) is 5.78 Å². The number of carbonyl (C=O) groups is 1. The van der Waals surface area contributed by atoms with Gasteiger partial charge < -0.3 is 0 Å². The average Bonchev–Trinajstić information content (AvgIpc) is 1.88. The van der Waals surface area contributed by atoms with E-state index < -0.39 is 0 Å². The first-order chi connectivity index (χ1) is 4.68. The van der Waals surface area contributed by atoms with Gasteiger partial charge in [0.25, 0.3) is 0 Å². The number of hydrogen-bond acceptors (Lipinski definition) is 1. The zero-order valence-corrected chi connectivity index (χ0v) is 7.05. The normalized spacial score (nSPS) is 11.2. The van der Waals surface area contributed by atoms with Crippen molar-refractivity contribution in [2.24, 2.45) is 5.92 Å². The van der Waals surface area contributed by atoms with Crippen molar-refractivity contribution in [1.29, 1.82) is 0 Å². The number of ketones is 1. The highest BCUT2D eigenvalue weighted by atomic mass is 16.1. The first kappa shape index (κ1) is 9.41. The zero-order chi connectivity index (χ0) is 7.98. The zero-order valence-electron chi connectivity index (χ0n) is 7.05. The van der Waals surface area contributed by atoms with Crippen molar-refractivity contribution in [1.82, 2.24) is 0 Å². The van der Waals surface area contributed by atoms with Crippen molar-refractivity contribution >= 4 is 5.78 Å². The van der Waals surface area contributed by atoms with Gasteiger partial charge in [-0.15, -0.1) is 0 Å². The maximum atomic E-state index is 10.9. The molecule has 0 saturated carbocycles. The molecule has 0 amide bonds. The molecule has 0 spiro atoms. The second-order valence-corrected chi connectivity index (χ2v) is 2.75. The van der Waals surface area contributed by atoms with Gasteiger partial charge in [-0.3, -0.25) is 4.79 Å². The molecule has 0 saturated heterocycles. The fourth-order valence-electron chi connectivity index (χ4n) is 0.559. The van der Waals surface area contributed by atoms with Crippen LogP contribution in [-0.2, 0) is 4.79 Å². The lowest BCUT2D eigenvalue weighted by atomic mass is 10.1. The Morgan fingerprint density at radius 1 is 1.50 bits per heavy atom. The molecular weight excluding hydrogens is 124 g/mol. The van der Waals surface area contributed by atoms with E-state index in [2.05, 4.69) is 6.92 Å². The molecule has 0 heterocycles. The molecule has 0 atom stereocenters. The van der Waals surface area contributed by atoms with Crippen LogP contribution in [0, 0.1) is 5.92 Å². The van der Waals surface area contributed by atoms with Crippen molar-refractivity contribution in [2.45, 2.75) is 33.6 Å². The maximum Gasteiger partial charge on any atom is 0.157 e. The molecule has 1 heteroatoms. The van der Waals surface area contributed by atoms with E-state index in [-0.39, 0.29) is 11.7 Å². The second kappa shape index (κ2) is 5.21. The van der Waals surface area contributed by atoms with Gasteiger partial charge in [0.2, 0.25) is 0 Å². The van der Waals surface area contributed by atoms with Crippen LogP contribution in [0.4, 0.5) is 0 Å². The van der Waals surface area contributed by atoms with Crippen LogP contribution in [0.2, 0.25) is 0 Å². The van der Waals surface area contributed by atoms with Gasteiger partial charge in [0, 0.05) is 5.92 Å². The van der Waals surface area contributed by atoms with Crippen LogP contribution >= 0.6 is 0 Å². The highest BCUT2D eigenvalue weighted by Crippen LogP contribution is 1.96. The van der Waals surface area contributed by atoms with Crippen molar-refractivity contribution in [3.8, 4) is 0 Å². The van der Waals surface area contributed by atoms with Crippen LogP contribution in [0.5, 0.6) is 0 Å². The number of unbranched alkanes of at least 4 members (excludes halogenated alkanes) is 1. The molecule has 0 N–H and O–H groups in total. The maximum absolute atomic E-state index is 10.9. The molecule has 0 aliphatic heterocycles. The van der Waals surface area contributed by atoms with E-state index in [9.17, 15) is 4.79 Å². The first-order valence-corrected chi connectivity index (χ1v) is 3.88. The number of allylic oxidation sites excluding steroid dienone is 2. The minimum Gasteiger partial charge on any atom is -0.295 e. The lowest BCUT2D eigenvalue weighted by Crippen LogP contribution is -2.01. The van der Waals surface area contributed by atoms with Crippen LogP contribution in [0.25, 0.3) is 0 Å². The highest BCUT2D eigenvalue weighted by Gasteiger charge is 1.99. The van der Waals surface area contributed by atoms with Gasteiger partial charge in [-0.25, -0.2) is 0 Å². The molecular formula is C9H16O. The van der Waals surface area contributed by atoms with E-state index in [1.807, 2.05) is 19.9 Å². The Balaban J connectivity index is 3.56. The van der Waals surface area contributed by atoms with E-state index >= 15 is 0 Å². The lowest BCUT2D eigenvalue weighted by Gasteiger charge is -1.95. The summed E-state index contributed by atoms with van der Waals surface area (Å²) in [5.41, 5.74) is 0. The van der Waals surface area contributed by atoms with E-state index in [1.165, 1.54) is 0 Å². The molecule has 0 aromatic carbocycles. The van der Waals surface area contributed by atoms with Crippen molar-refractivity contribution in [3.05, 3.63) is 12.2 Å². The molecule has 0 unspecified atom stereocenters.